The Morgan fingerprint density at radius 2 is 2.09 bits per heavy atom. The van der Waals surface area contributed by atoms with Crippen LogP contribution in [-0.2, 0) is 9.53 Å². The predicted molar refractivity (Wildman–Crippen MR) is 81.3 cm³/mol. The van der Waals surface area contributed by atoms with E-state index < -0.39 is 18.0 Å². The van der Waals surface area contributed by atoms with Crippen LogP contribution in [0.2, 0.25) is 0 Å². The number of esters is 1. The summed E-state index contributed by atoms with van der Waals surface area (Å²) >= 11 is 0. The molecule has 0 aromatic carbocycles. The number of ether oxygens (including phenoxy) is 1. The number of carbonyl (C=O) groups excluding carboxylic acids is 2. The molecule has 0 aliphatic rings. The molecular formula is C16H17N3O3. The molecule has 0 aliphatic carbocycles. The van der Waals surface area contributed by atoms with E-state index >= 15 is 0 Å². The number of nitrogens with one attached hydrogen (secondary N) is 1. The number of nitrogens with zero attached hydrogens (tertiary/aromatic N) is 2. The van der Waals surface area contributed by atoms with E-state index in [1.165, 1.54) is 6.20 Å². The van der Waals surface area contributed by atoms with E-state index in [4.69, 9.17) is 4.74 Å². The van der Waals surface area contributed by atoms with E-state index in [-0.39, 0.29) is 0 Å². The zero-order valence-electron chi connectivity index (χ0n) is 12.4. The molecule has 114 valence electrons. The molecule has 1 atom stereocenters. The summed E-state index contributed by atoms with van der Waals surface area (Å²) in [6.07, 6.45) is 4.09. The SMILES string of the molecule is CCC(OC(=O)c1cccnc1)C(=O)Nc1ccc(C)cn1. The summed E-state index contributed by atoms with van der Waals surface area (Å²) in [5.41, 5.74) is 1.30. The Kier molecular flexibility index (Phi) is 5.19. The van der Waals surface area contributed by atoms with Gasteiger partial charge in [0.2, 0.25) is 0 Å². The Balaban J connectivity index is 2.00. The van der Waals surface area contributed by atoms with Gasteiger partial charge in [-0.2, -0.15) is 0 Å². The quantitative estimate of drug-likeness (QED) is 0.857. The van der Waals surface area contributed by atoms with E-state index in [0.29, 0.717) is 17.8 Å². The highest BCUT2D eigenvalue weighted by atomic mass is 16.5. The van der Waals surface area contributed by atoms with E-state index in [9.17, 15) is 9.59 Å². The summed E-state index contributed by atoms with van der Waals surface area (Å²) in [5.74, 6) is -0.561. The zero-order valence-corrected chi connectivity index (χ0v) is 12.4. The summed E-state index contributed by atoms with van der Waals surface area (Å²) in [5, 5.41) is 2.63. The lowest BCUT2D eigenvalue weighted by Crippen LogP contribution is -2.32. The molecule has 2 rings (SSSR count). The number of rotatable bonds is 5. The van der Waals surface area contributed by atoms with Crippen LogP contribution in [0.15, 0.2) is 42.9 Å². The second-order valence-corrected chi connectivity index (χ2v) is 4.75. The summed E-state index contributed by atoms with van der Waals surface area (Å²) in [6.45, 7) is 3.67. The molecule has 0 bridgehead atoms. The number of anilines is 1. The molecule has 6 heteroatoms. The van der Waals surface area contributed by atoms with Gasteiger partial charge in [0.1, 0.15) is 5.82 Å². The van der Waals surface area contributed by atoms with Gasteiger partial charge >= 0.3 is 5.97 Å². The van der Waals surface area contributed by atoms with Crippen LogP contribution in [0.1, 0.15) is 29.3 Å². The minimum absolute atomic E-state index is 0.308. The van der Waals surface area contributed by atoms with Crippen LogP contribution >= 0.6 is 0 Å². The third kappa shape index (κ3) is 4.12. The first-order valence-corrected chi connectivity index (χ1v) is 6.94. The largest absolute Gasteiger partial charge is 0.449 e. The molecule has 0 saturated carbocycles. The van der Waals surface area contributed by atoms with Crippen LogP contribution in [0, 0.1) is 6.92 Å². The van der Waals surface area contributed by atoms with E-state index in [1.54, 1.807) is 37.5 Å². The Hall–Kier alpha value is -2.76. The van der Waals surface area contributed by atoms with Crippen LogP contribution in [0.4, 0.5) is 5.82 Å². The highest BCUT2D eigenvalue weighted by Gasteiger charge is 2.22. The predicted octanol–water partition coefficient (Wildman–Crippen LogP) is 2.36. The number of hydrogen-bond donors (Lipinski definition) is 1. The van der Waals surface area contributed by atoms with Gasteiger partial charge in [0.15, 0.2) is 6.10 Å². The molecule has 0 saturated heterocycles. The fourth-order valence-electron chi connectivity index (χ4n) is 1.75. The third-order valence-electron chi connectivity index (χ3n) is 2.97. The van der Waals surface area contributed by atoms with Gasteiger partial charge in [-0.25, -0.2) is 9.78 Å². The Bertz CT molecular complexity index is 641. The topological polar surface area (TPSA) is 81.2 Å². The van der Waals surface area contributed by atoms with Crippen molar-refractivity contribution in [3.8, 4) is 0 Å². The van der Waals surface area contributed by atoms with Gasteiger partial charge in [-0.3, -0.25) is 9.78 Å². The van der Waals surface area contributed by atoms with Gasteiger partial charge in [-0.1, -0.05) is 13.0 Å². The van der Waals surface area contributed by atoms with E-state index in [0.717, 1.165) is 5.56 Å². The lowest BCUT2D eigenvalue weighted by molar-refractivity contribution is -0.124. The molecular weight excluding hydrogens is 282 g/mol. The monoisotopic (exact) mass is 299 g/mol. The number of aromatic nitrogens is 2. The number of amides is 1. The van der Waals surface area contributed by atoms with E-state index in [1.807, 2.05) is 13.0 Å². The molecule has 6 nitrogen and oxygen atoms in total. The van der Waals surface area contributed by atoms with Crippen LogP contribution in [0.5, 0.6) is 0 Å². The van der Waals surface area contributed by atoms with Crippen molar-refractivity contribution >= 4 is 17.7 Å². The van der Waals surface area contributed by atoms with Crippen LogP contribution in [0.25, 0.3) is 0 Å². The normalized spacial score (nSPS) is 11.5. The Morgan fingerprint density at radius 1 is 1.27 bits per heavy atom. The first kappa shape index (κ1) is 15.6. The molecule has 1 amide bonds. The van der Waals surface area contributed by atoms with Crippen molar-refractivity contribution in [1.82, 2.24) is 9.97 Å². The van der Waals surface area contributed by atoms with Gasteiger partial charge in [0, 0.05) is 18.6 Å². The number of hydrogen-bond acceptors (Lipinski definition) is 5. The second kappa shape index (κ2) is 7.31. The van der Waals surface area contributed by atoms with Crippen molar-refractivity contribution in [3.05, 3.63) is 54.0 Å². The third-order valence-corrected chi connectivity index (χ3v) is 2.97. The van der Waals surface area contributed by atoms with Gasteiger partial charge in [0.05, 0.1) is 5.56 Å². The smallest absolute Gasteiger partial charge is 0.340 e. The minimum Gasteiger partial charge on any atom is -0.449 e. The van der Waals surface area contributed by atoms with Crippen molar-refractivity contribution in [3.63, 3.8) is 0 Å². The average molecular weight is 299 g/mol. The highest BCUT2D eigenvalue weighted by Crippen LogP contribution is 2.09. The van der Waals surface area contributed by atoms with Gasteiger partial charge in [0.25, 0.3) is 5.91 Å². The molecule has 0 radical (unpaired) electrons. The number of pyridine rings is 2. The standard InChI is InChI=1S/C16H17N3O3/c1-3-13(22-16(21)12-5-4-8-17-10-12)15(20)19-14-7-6-11(2)9-18-14/h4-10,13H,3H2,1-2H3,(H,18,19,20). The fraction of sp³-hybridized carbons (Fsp3) is 0.250. The maximum atomic E-state index is 12.2. The highest BCUT2D eigenvalue weighted by molar-refractivity contribution is 5.96. The van der Waals surface area contributed by atoms with Crippen LogP contribution in [0.3, 0.4) is 0 Å². The number of carbonyl (C=O) groups is 2. The molecule has 0 aliphatic heterocycles. The van der Waals surface area contributed by atoms with E-state index in [2.05, 4.69) is 15.3 Å². The van der Waals surface area contributed by atoms with Gasteiger partial charge in [-0.15, -0.1) is 0 Å². The molecule has 2 aromatic rings. The van der Waals surface area contributed by atoms with Crippen LogP contribution in [-0.4, -0.2) is 27.9 Å². The van der Waals surface area contributed by atoms with Gasteiger partial charge in [-0.05, 0) is 37.1 Å². The Labute approximate surface area is 128 Å². The zero-order chi connectivity index (χ0) is 15.9. The van der Waals surface area contributed by atoms with Crippen molar-refractivity contribution in [1.29, 1.82) is 0 Å². The first-order chi connectivity index (χ1) is 10.6. The molecule has 22 heavy (non-hydrogen) atoms. The van der Waals surface area contributed by atoms with Crippen molar-refractivity contribution in [2.24, 2.45) is 0 Å². The van der Waals surface area contributed by atoms with Crippen molar-refractivity contribution < 1.29 is 14.3 Å². The first-order valence-electron chi connectivity index (χ1n) is 6.94. The summed E-state index contributed by atoms with van der Waals surface area (Å²) < 4.78 is 5.22. The number of aryl methyl sites for hydroxylation is 1. The molecule has 1 unspecified atom stereocenters. The molecule has 2 heterocycles. The second-order valence-electron chi connectivity index (χ2n) is 4.75. The van der Waals surface area contributed by atoms with Crippen molar-refractivity contribution in [2.45, 2.75) is 26.4 Å². The Morgan fingerprint density at radius 3 is 2.68 bits per heavy atom. The lowest BCUT2D eigenvalue weighted by atomic mass is 10.2. The molecule has 0 fully saturated rings. The average Bonchev–Trinajstić information content (AvgIpc) is 2.55. The molecule has 2 aromatic heterocycles. The minimum atomic E-state index is -0.879. The lowest BCUT2D eigenvalue weighted by Gasteiger charge is -2.15. The summed E-state index contributed by atoms with van der Waals surface area (Å²) in [7, 11) is 0. The summed E-state index contributed by atoms with van der Waals surface area (Å²) in [6, 6.07) is 6.75. The molecule has 1 N–H and O–H groups in total. The fourth-order valence-corrected chi connectivity index (χ4v) is 1.75. The molecule has 0 spiro atoms. The summed E-state index contributed by atoms with van der Waals surface area (Å²) in [4.78, 5) is 32.0. The van der Waals surface area contributed by atoms with Crippen LogP contribution < -0.4 is 5.32 Å². The maximum absolute atomic E-state index is 12.2. The van der Waals surface area contributed by atoms with Gasteiger partial charge < -0.3 is 10.1 Å². The maximum Gasteiger partial charge on any atom is 0.340 e. The van der Waals surface area contributed by atoms with Crippen molar-refractivity contribution in [2.75, 3.05) is 5.32 Å².